The number of hydrogen-bond acceptors (Lipinski definition) is 3. The fourth-order valence-electron chi connectivity index (χ4n) is 3.11. The summed E-state index contributed by atoms with van der Waals surface area (Å²) < 4.78 is 7.31. The van der Waals surface area contributed by atoms with Gasteiger partial charge < -0.3 is 9.72 Å². The van der Waals surface area contributed by atoms with Gasteiger partial charge in [0.2, 0.25) is 5.56 Å². The van der Waals surface area contributed by atoms with E-state index in [1.165, 1.54) is 0 Å². The van der Waals surface area contributed by atoms with Gasteiger partial charge in [-0.2, -0.15) is 5.10 Å². The third kappa shape index (κ3) is 2.66. The van der Waals surface area contributed by atoms with Crippen LogP contribution in [0.15, 0.2) is 41.3 Å². The first-order chi connectivity index (χ1) is 11.2. The van der Waals surface area contributed by atoms with Crippen LogP contribution in [0.5, 0.6) is 0 Å². The number of halogens is 1. The average molecular weight is 330 g/mol. The Bertz CT molecular complexity index is 892. The molecule has 1 aliphatic rings. The van der Waals surface area contributed by atoms with Gasteiger partial charge in [0.15, 0.2) is 0 Å². The fraction of sp³-hybridized carbons (Fsp3) is 0.294. The highest BCUT2D eigenvalue weighted by Gasteiger charge is 2.23. The van der Waals surface area contributed by atoms with Crippen molar-refractivity contribution in [3.63, 3.8) is 0 Å². The smallest absolute Gasteiger partial charge is 0.248 e. The molecule has 1 aromatic carbocycles. The van der Waals surface area contributed by atoms with Crippen LogP contribution in [0.3, 0.4) is 0 Å². The lowest BCUT2D eigenvalue weighted by Gasteiger charge is -2.20. The van der Waals surface area contributed by atoms with Crippen LogP contribution in [-0.4, -0.2) is 28.0 Å². The van der Waals surface area contributed by atoms with Crippen LogP contribution in [-0.2, 0) is 4.74 Å². The first kappa shape index (κ1) is 14.5. The van der Waals surface area contributed by atoms with Gasteiger partial charge in [-0.3, -0.25) is 4.79 Å². The molecule has 0 radical (unpaired) electrons. The van der Waals surface area contributed by atoms with Gasteiger partial charge in [0.1, 0.15) is 0 Å². The highest BCUT2D eigenvalue weighted by atomic mass is 35.5. The van der Waals surface area contributed by atoms with Crippen molar-refractivity contribution in [3.05, 3.63) is 57.6 Å². The molecule has 3 aromatic rings. The first-order valence-corrected chi connectivity index (χ1v) is 8.05. The minimum Gasteiger partial charge on any atom is -0.381 e. The van der Waals surface area contributed by atoms with Gasteiger partial charge in [-0.25, -0.2) is 4.68 Å². The molecule has 0 atom stereocenters. The zero-order valence-electron chi connectivity index (χ0n) is 12.5. The van der Waals surface area contributed by atoms with E-state index in [1.54, 1.807) is 12.3 Å². The Morgan fingerprint density at radius 2 is 1.96 bits per heavy atom. The molecule has 4 rings (SSSR count). The van der Waals surface area contributed by atoms with Crippen molar-refractivity contribution in [1.29, 1.82) is 0 Å². The number of ether oxygens (including phenoxy) is 1. The Morgan fingerprint density at radius 3 is 2.70 bits per heavy atom. The molecule has 0 bridgehead atoms. The summed E-state index contributed by atoms with van der Waals surface area (Å²) in [6.45, 7) is 1.48. The molecule has 1 fully saturated rings. The number of benzene rings is 1. The zero-order valence-corrected chi connectivity index (χ0v) is 13.2. The number of nitrogens with zero attached hydrogens (tertiary/aromatic N) is 2. The largest absolute Gasteiger partial charge is 0.381 e. The molecule has 0 unspecified atom stereocenters. The maximum Gasteiger partial charge on any atom is 0.248 e. The Hall–Kier alpha value is -2.11. The lowest BCUT2D eigenvalue weighted by Crippen LogP contribution is -2.15. The predicted molar refractivity (Wildman–Crippen MR) is 89.5 cm³/mol. The molecule has 1 aliphatic heterocycles. The SMILES string of the molecule is O=c1cc2c(C3CCOCC3)nn(-c3ccc(Cl)cc3)c2c[nH]1. The summed E-state index contributed by atoms with van der Waals surface area (Å²) in [6, 6.07) is 9.16. The van der Waals surface area contributed by atoms with Crippen LogP contribution in [0.4, 0.5) is 0 Å². The number of hydrogen-bond donors (Lipinski definition) is 1. The van der Waals surface area contributed by atoms with Gasteiger partial charge in [0.05, 0.1) is 16.9 Å². The first-order valence-electron chi connectivity index (χ1n) is 7.67. The molecule has 118 valence electrons. The molecule has 0 spiro atoms. The van der Waals surface area contributed by atoms with Gasteiger partial charge in [-0.05, 0) is 37.1 Å². The second-order valence-electron chi connectivity index (χ2n) is 5.76. The van der Waals surface area contributed by atoms with E-state index in [-0.39, 0.29) is 5.56 Å². The second kappa shape index (κ2) is 5.83. The molecule has 0 aliphatic carbocycles. The number of H-pyrrole nitrogens is 1. The molecule has 3 heterocycles. The van der Waals surface area contributed by atoms with E-state index in [4.69, 9.17) is 21.4 Å². The van der Waals surface area contributed by atoms with E-state index < -0.39 is 0 Å². The van der Waals surface area contributed by atoms with Crippen LogP contribution >= 0.6 is 11.6 Å². The average Bonchev–Trinajstić information content (AvgIpc) is 2.95. The summed E-state index contributed by atoms with van der Waals surface area (Å²) in [6.07, 6.45) is 3.58. The van der Waals surface area contributed by atoms with Crippen molar-refractivity contribution >= 4 is 22.5 Å². The predicted octanol–water partition coefficient (Wildman–Crippen LogP) is 3.26. The minimum atomic E-state index is -0.110. The lowest BCUT2D eigenvalue weighted by atomic mass is 9.94. The number of aromatic nitrogens is 3. The minimum absolute atomic E-state index is 0.110. The Morgan fingerprint density at radius 1 is 1.22 bits per heavy atom. The third-order valence-corrected chi connectivity index (χ3v) is 4.55. The molecule has 0 amide bonds. The van der Waals surface area contributed by atoms with E-state index in [0.29, 0.717) is 10.9 Å². The number of nitrogens with one attached hydrogen (secondary N) is 1. The lowest BCUT2D eigenvalue weighted by molar-refractivity contribution is 0.0847. The summed E-state index contributed by atoms with van der Waals surface area (Å²) >= 11 is 5.97. The van der Waals surface area contributed by atoms with Crippen molar-refractivity contribution in [2.75, 3.05) is 13.2 Å². The fourth-order valence-corrected chi connectivity index (χ4v) is 3.24. The molecule has 1 saturated heterocycles. The standard InChI is InChI=1S/C17H16ClN3O2/c18-12-1-3-13(4-2-12)21-15-10-19-16(22)9-14(15)17(20-21)11-5-7-23-8-6-11/h1-4,9-11H,5-8H2,(H,19,22). The van der Waals surface area contributed by atoms with Gasteiger partial charge in [0.25, 0.3) is 0 Å². The van der Waals surface area contributed by atoms with Crippen LogP contribution in [0.2, 0.25) is 5.02 Å². The Kier molecular flexibility index (Phi) is 3.67. The zero-order chi connectivity index (χ0) is 15.8. The topological polar surface area (TPSA) is 59.9 Å². The van der Waals surface area contributed by atoms with Gasteiger partial charge in [-0.1, -0.05) is 11.6 Å². The van der Waals surface area contributed by atoms with Gasteiger partial charge in [-0.15, -0.1) is 0 Å². The molecular weight excluding hydrogens is 314 g/mol. The number of aromatic amines is 1. The van der Waals surface area contributed by atoms with Gasteiger partial charge >= 0.3 is 0 Å². The molecule has 0 saturated carbocycles. The normalized spacial score (nSPS) is 16.0. The highest BCUT2D eigenvalue weighted by Crippen LogP contribution is 2.32. The quantitative estimate of drug-likeness (QED) is 0.785. The second-order valence-corrected chi connectivity index (χ2v) is 6.19. The van der Waals surface area contributed by atoms with Crippen molar-refractivity contribution in [1.82, 2.24) is 14.8 Å². The maximum atomic E-state index is 11.8. The Balaban J connectivity index is 1.91. The summed E-state index contributed by atoms with van der Waals surface area (Å²) in [4.78, 5) is 14.5. The number of pyridine rings is 1. The van der Waals surface area contributed by atoms with Crippen molar-refractivity contribution in [2.45, 2.75) is 18.8 Å². The van der Waals surface area contributed by atoms with E-state index in [2.05, 4.69) is 4.98 Å². The summed E-state index contributed by atoms with van der Waals surface area (Å²) in [5.74, 6) is 0.321. The molecule has 5 nitrogen and oxygen atoms in total. The van der Waals surface area contributed by atoms with E-state index in [9.17, 15) is 4.79 Å². The Labute approximate surface area is 137 Å². The third-order valence-electron chi connectivity index (χ3n) is 4.29. The van der Waals surface area contributed by atoms with Crippen LogP contribution in [0, 0.1) is 0 Å². The van der Waals surface area contributed by atoms with E-state index in [0.717, 1.165) is 48.3 Å². The van der Waals surface area contributed by atoms with Crippen LogP contribution < -0.4 is 5.56 Å². The van der Waals surface area contributed by atoms with Crippen LogP contribution in [0.25, 0.3) is 16.6 Å². The monoisotopic (exact) mass is 329 g/mol. The van der Waals surface area contributed by atoms with E-state index in [1.807, 2.05) is 28.9 Å². The molecule has 23 heavy (non-hydrogen) atoms. The number of rotatable bonds is 2. The highest BCUT2D eigenvalue weighted by molar-refractivity contribution is 6.30. The van der Waals surface area contributed by atoms with E-state index >= 15 is 0 Å². The molecule has 2 aromatic heterocycles. The summed E-state index contributed by atoms with van der Waals surface area (Å²) in [5.41, 5.74) is 2.68. The summed E-state index contributed by atoms with van der Waals surface area (Å²) in [5, 5.41) is 6.41. The van der Waals surface area contributed by atoms with Gasteiger partial charge in [0, 0.05) is 41.8 Å². The van der Waals surface area contributed by atoms with Crippen molar-refractivity contribution in [2.24, 2.45) is 0 Å². The molecular formula is C17H16ClN3O2. The van der Waals surface area contributed by atoms with Crippen LogP contribution in [0.1, 0.15) is 24.5 Å². The maximum absolute atomic E-state index is 11.8. The molecule has 1 N–H and O–H groups in total. The summed E-state index contributed by atoms with van der Waals surface area (Å²) in [7, 11) is 0. The van der Waals surface area contributed by atoms with Crippen molar-refractivity contribution in [3.8, 4) is 5.69 Å². The van der Waals surface area contributed by atoms with Crippen molar-refractivity contribution < 1.29 is 4.74 Å². The molecule has 6 heteroatoms. The number of fused-ring (bicyclic) bond motifs is 1.